The minimum absolute atomic E-state index is 0.164. The van der Waals surface area contributed by atoms with E-state index in [0.717, 1.165) is 11.1 Å². The molecular formula is C20H17BrCl2O4. The molecule has 0 radical (unpaired) electrons. The molecule has 0 aliphatic carbocycles. The molecular weight excluding hydrogens is 455 g/mol. The molecule has 0 bridgehead atoms. The highest BCUT2D eigenvalue weighted by Gasteiger charge is 2.12. The minimum Gasteiger partial charge on any atom is -0.493 e. The summed E-state index contributed by atoms with van der Waals surface area (Å²) in [6.07, 6.45) is 4.47. The zero-order chi connectivity index (χ0) is 19.8. The van der Waals surface area contributed by atoms with E-state index in [0.29, 0.717) is 26.0 Å². The van der Waals surface area contributed by atoms with Crippen LogP contribution >= 0.6 is 39.1 Å². The zero-order valence-corrected chi connectivity index (χ0v) is 17.6. The predicted molar refractivity (Wildman–Crippen MR) is 112 cm³/mol. The van der Waals surface area contributed by atoms with E-state index in [-0.39, 0.29) is 13.2 Å². The lowest BCUT2D eigenvalue weighted by Crippen LogP contribution is -2.00. The van der Waals surface area contributed by atoms with Gasteiger partial charge < -0.3 is 14.2 Å². The minimum atomic E-state index is -0.454. The molecule has 0 heterocycles. The summed E-state index contributed by atoms with van der Waals surface area (Å²) in [5.41, 5.74) is 1.61. The van der Waals surface area contributed by atoms with Crippen molar-refractivity contribution in [3.63, 3.8) is 0 Å². The van der Waals surface area contributed by atoms with Crippen LogP contribution in [0.2, 0.25) is 10.0 Å². The van der Waals surface area contributed by atoms with E-state index in [9.17, 15) is 4.79 Å². The average molecular weight is 472 g/mol. The summed E-state index contributed by atoms with van der Waals surface area (Å²) in [5.74, 6) is 0.600. The molecule has 4 nitrogen and oxygen atoms in total. The van der Waals surface area contributed by atoms with Crippen LogP contribution in [-0.4, -0.2) is 19.7 Å². The number of benzene rings is 2. The van der Waals surface area contributed by atoms with Gasteiger partial charge in [0, 0.05) is 6.08 Å². The maximum absolute atomic E-state index is 11.5. The number of carbonyl (C=O) groups excluding carboxylic acids is 1. The smallest absolute Gasteiger partial charge is 0.331 e. The molecule has 2 rings (SSSR count). The van der Waals surface area contributed by atoms with Gasteiger partial charge >= 0.3 is 5.97 Å². The Balaban J connectivity index is 2.15. The molecule has 2 aromatic rings. The van der Waals surface area contributed by atoms with Crippen molar-refractivity contribution >= 4 is 51.2 Å². The molecule has 142 valence electrons. The lowest BCUT2D eigenvalue weighted by atomic mass is 10.2. The topological polar surface area (TPSA) is 44.8 Å². The van der Waals surface area contributed by atoms with Gasteiger partial charge in [-0.05, 0) is 57.4 Å². The van der Waals surface area contributed by atoms with Gasteiger partial charge in [-0.1, -0.05) is 41.9 Å². The zero-order valence-electron chi connectivity index (χ0n) is 14.5. The molecule has 7 heteroatoms. The molecule has 0 fully saturated rings. The van der Waals surface area contributed by atoms with Gasteiger partial charge in [-0.25, -0.2) is 4.79 Å². The van der Waals surface area contributed by atoms with Crippen molar-refractivity contribution < 1.29 is 19.0 Å². The average Bonchev–Trinajstić information content (AvgIpc) is 2.66. The Morgan fingerprint density at radius 1 is 1.22 bits per heavy atom. The van der Waals surface area contributed by atoms with Crippen LogP contribution in [0.25, 0.3) is 6.08 Å². The van der Waals surface area contributed by atoms with E-state index in [4.69, 9.17) is 37.4 Å². The van der Waals surface area contributed by atoms with Crippen LogP contribution in [-0.2, 0) is 16.1 Å². The Morgan fingerprint density at radius 2 is 2.00 bits per heavy atom. The van der Waals surface area contributed by atoms with E-state index >= 15 is 0 Å². The SMILES string of the molecule is C=CCOC(=O)/C=C/c1cc(Br)c(OCc2ccc(Cl)c(Cl)c2)c(OC)c1. The van der Waals surface area contributed by atoms with Crippen LogP contribution in [0.4, 0.5) is 0 Å². The maximum atomic E-state index is 11.5. The van der Waals surface area contributed by atoms with Crippen molar-refractivity contribution in [2.24, 2.45) is 0 Å². The molecule has 0 unspecified atom stereocenters. The standard InChI is InChI=1S/C20H17BrCl2O4/c1-3-8-26-19(24)7-5-13-9-15(21)20(18(11-13)25-2)27-12-14-4-6-16(22)17(23)10-14/h3-7,9-11H,1,8,12H2,2H3/b7-5+. The third kappa shape index (κ3) is 6.31. The lowest BCUT2D eigenvalue weighted by Gasteiger charge is -2.14. The van der Waals surface area contributed by atoms with Crippen molar-refractivity contribution in [3.8, 4) is 11.5 Å². The third-order valence-electron chi connectivity index (χ3n) is 3.37. The number of methoxy groups -OCH3 is 1. The largest absolute Gasteiger partial charge is 0.493 e. The van der Waals surface area contributed by atoms with E-state index in [1.165, 1.54) is 12.2 Å². The van der Waals surface area contributed by atoms with Crippen molar-refractivity contribution in [2.75, 3.05) is 13.7 Å². The molecule has 0 spiro atoms. The Morgan fingerprint density at radius 3 is 2.67 bits per heavy atom. The summed E-state index contributed by atoms with van der Waals surface area (Å²) in [6, 6.07) is 8.86. The van der Waals surface area contributed by atoms with E-state index in [2.05, 4.69) is 22.5 Å². The first-order valence-electron chi connectivity index (χ1n) is 7.84. The number of hydrogen-bond acceptors (Lipinski definition) is 4. The Bertz CT molecular complexity index is 865. The van der Waals surface area contributed by atoms with Crippen molar-refractivity contribution in [3.05, 3.63) is 74.7 Å². The Kier molecular flexibility index (Phi) is 8.23. The fraction of sp³-hybridized carbons (Fsp3) is 0.150. The van der Waals surface area contributed by atoms with Crippen LogP contribution in [0.3, 0.4) is 0 Å². The normalized spacial score (nSPS) is 10.7. The molecule has 0 N–H and O–H groups in total. The fourth-order valence-corrected chi connectivity index (χ4v) is 3.01. The molecule has 27 heavy (non-hydrogen) atoms. The molecule has 2 aromatic carbocycles. The van der Waals surface area contributed by atoms with Gasteiger partial charge in [0.15, 0.2) is 11.5 Å². The molecule has 0 amide bonds. The van der Waals surface area contributed by atoms with Gasteiger partial charge in [0.05, 0.1) is 21.6 Å². The fourth-order valence-electron chi connectivity index (χ4n) is 2.11. The maximum Gasteiger partial charge on any atom is 0.331 e. The second kappa shape index (κ2) is 10.4. The Labute approximate surface area is 176 Å². The van der Waals surface area contributed by atoms with Crippen LogP contribution in [0.5, 0.6) is 11.5 Å². The van der Waals surface area contributed by atoms with Crippen molar-refractivity contribution in [1.82, 2.24) is 0 Å². The number of rotatable bonds is 8. The summed E-state index contributed by atoms with van der Waals surface area (Å²) < 4.78 is 16.9. The van der Waals surface area contributed by atoms with Gasteiger partial charge in [0.2, 0.25) is 0 Å². The number of ether oxygens (including phenoxy) is 3. The van der Waals surface area contributed by atoms with Gasteiger partial charge in [0.25, 0.3) is 0 Å². The number of halogens is 3. The molecule has 0 atom stereocenters. The van der Waals surface area contributed by atoms with Gasteiger partial charge in [0.1, 0.15) is 13.2 Å². The third-order valence-corrected chi connectivity index (χ3v) is 4.70. The van der Waals surface area contributed by atoms with Crippen LogP contribution < -0.4 is 9.47 Å². The van der Waals surface area contributed by atoms with Gasteiger partial charge in [-0.15, -0.1) is 0 Å². The highest BCUT2D eigenvalue weighted by atomic mass is 79.9. The number of esters is 1. The molecule has 0 aliphatic heterocycles. The summed E-state index contributed by atoms with van der Waals surface area (Å²) in [7, 11) is 1.54. The quantitative estimate of drug-likeness (QED) is 0.265. The van der Waals surface area contributed by atoms with Gasteiger partial charge in [-0.2, -0.15) is 0 Å². The van der Waals surface area contributed by atoms with Crippen LogP contribution in [0.1, 0.15) is 11.1 Å². The molecule has 0 saturated heterocycles. The second-order valence-corrected chi connectivity index (χ2v) is 6.99. The van der Waals surface area contributed by atoms with E-state index in [1.54, 1.807) is 31.4 Å². The summed E-state index contributed by atoms with van der Waals surface area (Å²) in [5, 5.41) is 0.953. The number of carbonyl (C=O) groups is 1. The molecule has 0 aliphatic rings. The molecule has 0 aromatic heterocycles. The summed E-state index contributed by atoms with van der Waals surface area (Å²) >= 11 is 15.4. The molecule has 0 saturated carbocycles. The first-order valence-corrected chi connectivity index (χ1v) is 9.39. The Hall–Kier alpha value is -1.95. The summed E-state index contributed by atoms with van der Waals surface area (Å²) in [4.78, 5) is 11.5. The van der Waals surface area contributed by atoms with E-state index < -0.39 is 5.97 Å². The van der Waals surface area contributed by atoms with Crippen molar-refractivity contribution in [1.29, 1.82) is 0 Å². The second-order valence-electron chi connectivity index (χ2n) is 5.32. The van der Waals surface area contributed by atoms with Gasteiger partial charge in [-0.3, -0.25) is 0 Å². The first kappa shape index (κ1) is 21.4. The predicted octanol–water partition coefficient (Wildman–Crippen LogP) is 6.09. The lowest BCUT2D eigenvalue weighted by molar-refractivity contribution is -0.136. The number of hydrogen-bond donors (Lipinski definition) is 0. The highest BCUT2D eigenvalue weighted by molar-refractivity contribution is 9.10. The van der Waals surface area contributed by atoms with Crippen LogP contribution in [0.15, 0.2) is 53.5 Å². The van der Waals surface area contributed by atoms with E-state index in [1.807, 2.05) is 12.1 Å². The summed E-state index contributed by atoms with van der Waals surface area (Å²) in [6.45, 7) is 3.94. The van der Waals surface area contributed by atoms with Crippen molar-refractivity contribution in [2.45, 2.75) is 6.61 Å². The van der Waals surface area contributed by atoms with Crippen LogP contribution in [0, 0.1) is 0 Å². The highest BCUT2D eigenvalue weighted by Crippen LogP contribution is 2.37. The first-order chi connectivity index (χ1) is 12.9. The monoisotopic (exact) mass is 470 g/mol.